The predicted molar refractivity (Wildman–Crippen MR) is 114 cm³/mol. The van der Waals surface area contributed by atoms with Gasteiger partial charge in [-0.25, -0.2) is 9.97 Å². The fraction of sp³-hybridized carbons (Fsp3) is 0.227. The summed E-state index contributed by atoms with van der Waals surface area (Å²) in [5.41, 5.74) is 4.14. The van der Waals surface area contributed by atoms with Gasteiger partial charge in [-0.05, 0) is 56.7 Å². The molecule has 0 fully saturated rings. The van der Waals surface area contributed by atoms with Gasteiger partial charge in [0.05, 0.1) is 0 Å². The first-order valence-electron chi connectivity index (χ1n) is 9.41. The van der Waals surface area contributed by atoms with E-state index >= 15 is 0 Å². The van der Waals surface area contributed by atoms with E-state index in [2.05, 4.69) is 45.4 Å². The number of carbonyl (C=O) groups is 1. The van der Waals surface area contributed by atoms with Gasteiger partial charge < -0.3 is 15.5 Å². The van der Waals surface area contributed by atoms with Crippen LogP contribution < -0.4 is 15.5 Å². The van der Waals surface area contributed by atoms with Crippen molar-refractivity contribution >= 4 is 28.8 Å². The van der Waals surface area contributed by atoms with Crippen LogP contribution in [0.2, 0.25) is 0 Å². The molecule has 144 valence electrons. The van der Waals surface area contributed by atoms with Crippen LogP contribution in [0.5, 0.6) is 0 Å². The van der Waals surface area contributed by atoms with Crippen molar-refractivity contribution in [3.05, 3.63) is 72.2 Å². The molecule has 0 saturated carbocycles. The van der Waals surface area contributed by atoms with Crippen LogP contribution in [0.15, 0.2) is 60.9 Å². The average molecular weight is 375 g/mol. The van der Waals surface area contributed by atoms with Crippen molar-refractivity contribution in [2.24, 2.45) is 0 Å². The smallest absolute Gasteiger partial charge is 0.274 e. The molecule has 0 radical (unpaired) electrons. The van der Waals surface area contributed by atoms with E-state index in [1.165, 1.54) is 6.33 Å². The zero-order valence-corrected chi connectivity index (χ0v) is 16.4. The highest BCUT2D eigenvalue weighted by atomic mass is 16.1. The van der Waals surface area contributed by atoms with Crippen molar-refractivity contribution in [2.75, 3.05) is 28.6 Å². The molecule has 1 heterocycles. The van der Waals surface area contributed by atoms with Crippen molar-refractivity contribution in [1.29, 1.82) is 0 Å². The number of carbonyl (C=O) groups excluding carboxylic acids is 1. The zero-order chi connectivity index (χ0) is 19.9. The standard InChI is InChI=1S/C22H25N5O/c1-4-27(5-2)18-11-12-19(16(3)13-18)26-22(28)20-14-21(24-15-23-20)25-17-9-7-6-8-10-17/h6-15H,4-5H2,1-3H3,(H,26,28)(H,23,24,25). The lowest BCUT2D eigenvalue weighted by Gasteiger charge is -2.22. The van der Waals surface area contributed by atoms with Gasteiger partial charge in [0.15, 0.2) is 0 Å². The lowest BCUT2D eigenvalue weighted by molar-refractivity contribution is 0.102. The molecule has 2 aromatic carbocycles. The molecular formula is C22H25N5O. The van der Waals surface area contributed by atoms with E-state index in [9.17, 15) is 4.79 Å². The quantitative estimate of drug-likeness (QED) is 0.630. The van der Waals surface area contributed by atoms with Crippen LogP contribution >= 0.6 is 0 Å². The number of amides is 1. The predicted octanol–water partition coefficient (Wildman–Crippen LogP) is 4.63. The van der Waals surface area contributed by atoms with Gasteiger partial charge in [0, 0.05) is 36.2 Å². The molecule has 0 aliphatic heterocycles. The maximum Gasteiger partial charge on any atom is 0.274 e. The highest BCUT2D eigenvalue weighted by molar-refractivity contribution is 6.03. The number of aromatic nitrogens is 2. The Balaban J connectivity index is 1.73. The van der Waals surface area contributed by atoms with Crippen molar-refractivity contribution in [1.82, 2.24) is 9.97 Å². The number of nitrogens with zero attached hydrogens (tertiary/aromatic N) is 3. The molecule has 3 rings (SSSR count). The first-order chi connectivity index (χ1) is 13.6. The number of benzene rings is 2. The molecule has 0 spiro atoms. The van der Waals surface area contributed by atoms with E-state index in [1.807, 2.05) is 49.4 Å². The summed E-state index contributed by atoms with van der Waals surface area (Å²) >= 11 is 0. The van der Waals surface area contributed by atoms with Crippen molar-refractivity contribution in [3.63, 3.8) is 0 Å². The summed E-state index contributed by atoms with van der Waals surface area (Å²) < 4.78 is 0. The maximum atomic E-state index is 12.7. The second-order valence-electron chi connectivity index (χ2n) is 6.41. The molecular weight excluding hydrogens is 350 g/mol. The Morgan fingerprint density at radius 1 is 1.00 bits per heavy atom. The minimum absolute atomic E-state index is 0.266. The Morgan fingerprint density at radius 2 is 1.75 bits per heavy atom. The second-order valence-corrected chi connectivity index (χ2v) is 6.41. The van der Waals surface area contributed by atoms with Gasteiger partial charge in [-0.2, -0.15) is 0 Å². The van der Waals surface area contributed by atoms with Gasteiger partial charge in [0.1, 0.15) is 17.8 Å². The first kappa shape index (κ1) is 19.4. The molecule has 0 saturated heterocycles. The van der Waals surface area contributed by atoms with Crippen LogP contribution in [0, 0.1) is 6.92 Å². The highest BCUT2D eigenvalue weighted by Gasteiger charge is 2.12. The normalized spacial score (nSPS) is 10.4. The summed E-state index contributed by atoms with van der Waals surface area (Å²) in [5.74, 6) is 0.303. The van der Waals surface area contributed by atoms with Crippen molar-refractivity contribution in [2.45, 2.75) is 20.8 Å². The summed E-state index contributed by atoms with van der Waals surface area (Å²) in [7, 11) is 0. The minimum atomic E-state index is -0.266. The van der Waals surface area contributed by atoms with E-state index in [1.54, 1.807) is 6.07 Å². The zero-order valence-electron chi connectivity index (χ0n) is 16.4. The third-order valence-corrected chi connectivity index (χ3v) is 4.53. The van der Waals surface area contributed by atoms with E-state index < -0.39 is 0 Å². The largest absolute Gasteiger partial charge is 0.372 e. The molecule has 6 nitrogen and oxygen atoms in total. The molecule has 28 heavy (non-hydrogen) atoms. The van der Waals surface area contributed by atoms with E-state index in [4.69, 9.17) is 0 Å². The number of hydrogen-bond donors (Lipinski definition) is 2. The fourth-order valence-corrected chi connectivity index (χ4v) is 2.98. The van der Waals surface area contributed by atoms with Gasteiger partial charge in [-0.1, -0.05) is 18.2 Å². The Bertz CT molecular complexity index is 939. The Hall–Kier alpha value is -3.41. The summed E-state index contributed by atoms with van der Waals surface area (Å²) in [4.78, 5) is 23.2. The summed E-state index contributed by atoms with van der Waals surface area (Å²) in [5, 5.41) is 6.11. The number of para-hydroxylation sites is 1. The van der Waals surface area contributed by atoms with Crippen LogP contribution in [0.25, 0.3) is 0 Å². The monoisotopic (exact) mass is 375 g/mol. The number of hydrogen-bond acceptors (Lipinski definition) is 5. The van der Waals surface area contributed by atoms with Crippen molar-refractivity contribution in [3.8, 4) is 0 Å². The SMILES string of the molecule is CCN(CC)c1ccc(NC(=O)c2cc(Nc3ccccc3)ncn2)c(C)c1. The molecule has 1 aromatic heterocycles. The Morgan fingerprint density at radius 3 is 2.43 bits per heavy atom. The summed E-state index contributed by atoms with van der Waals surface area (Å²) in [6.45, 7) is 8.14. The van der Waals surface area contributed by atoms with E-state index in [-0.39, 0.29) is 5.91 Å². The van der Waals surface area contributed by atoms with Crippen LogP contribution in [-0.4, -0.2) is 29.0 Å². The maximum absolute atomic E-state index is 12.7. The fourth-order valence-electron chi connectivity index (χ4n) is 2.98. The lowest BCUT2D eigenvalue weighted by atomic mass is 10.1. The van der Waals surface area contributed by atoms with E-state index in [0.29, 0.717) is 11.5 Å². The van der Waals surface area contributed by atoms with Crippen LogP contribution in [0.3, 0.4) is 0 Å². The topological polar surface area (TPSA) is 70.2 Å². The second kappa shape index (κ2) is 8.99. The Labute approximate surface area is 165 Å². The van der Waals surface area contributed by atoms with Gasteiger partial charge in [-0.15, -0.1) is 0 Å². The number of aryl methyl sites for hydroxylation is 1. The molecule has 0 aliphatic carbocycles. The summed E-state index contributed by atoms with van der Waals surface area (Å²) in [6.07, 6.45) is 1.39. The minimum Gasteiger partial charge on any atom is -0.372 e. The number of anilines is 4. The molecule has 6 heteroatoms. The molecule has 0 aliphatic rings. The lowest BCUT2D eigenvalue weighted by Crippen LogP contribution is -2.22. The van der Waals surface area contributed by atoms with Gasteiger partial charge in [0.25, 0.3) is 5.91 Å². The number of nitrogens with one attached hydrogen (secondary N) is 2. The van der Waals surface area contributed by atoms with Crippen LogP contribution in [0.1, 0.15) is 29.9 Å². The third-order valence-electron chi connectivity index (χ3n) is 4.53. The van der Waals surface area contributed by atoms with Gasteiger partial charge in [-0.3, -0.25) is 4.79 Å². The van der Waals surface area contributed by atoms with Gasteiger partial charge in [0.2, 0.25) is 0 Å². The molecule has 0 bridgehead atoms. The molecule has 0 atom stereocenters. The van der Waals surface area contributed by atoms with E-state index in [0.717, 1.165) is 35.7 Å². The number of rotatable bonds is 7. The Kier molecular flexibility index (Phi) is 6.22. The van der Waals surface area contributed by atoms with Gasteiger partial charge >= 0.3 is 0 Å². The first-order valence-corrected chi connectivity index (χ1v) is 9.41. The van der Waals surface area contributed by atoms with Crippen molar-refractivity contribution < 1.29 is 4.79 Å². The molecule has 1 amide bonds. The molecule has 0 unspecified atom stereocenters. The average Bonchev–Trinajstić information content (AvgIpc) is 2.72. The molecule has 3 aromatic rings. The summed E-state index contributed by atoms with van der Waals surface area (Å²) in [6, 6.07) is 17.4. The molecule has 2 N–H and O–H groups in total. The van der Waals surface area contributed by atoms with Crippen LogP contribution in [0.4, 0.5) is 22.9 Å². The highest BCUT2D eigenvalue weighted by Crippen LogP contribution is 2.23. The third kappa shape index (κ3) is 4.65. The van der Waals surface area contributed by atoms with Crippen LogP contribution in [-0.2, 0) is 0 Å².